The minimum Gasteiger partial charge on any atom is -0.353 e. The molecule has 26 heavy (non-hydrogen) atoms. The summed E-state index contributed by atoms with van der Waals surface area (Å²) >= 11 is 0. The summed E-state index contributed by atoms with van der Waals surface area (Å²) in [4.78, 5) is 27.4. The van der Waals surface area contributed by atoms with E-state index in [0.29, 0.717) is 24.3 Å². The maximum absolute atomic E-state index is 13.0. The van der Waals surface area contributed by atoms with Gasteiger partial charge in [0.1, 0.15) is 0 Å². The lowest BCUT2D eigenvalue weighted by Gasteiger charge is -2.35. The molecule has 5 heteroatoms. The van der Waals surface area contributed by atoms with Crippen LogP contribution in [0.4, 0.5) is 0 Å². The standard InChI is InChI=1S/C21H37N3O2/c1-2-13-24(19-11-12-22-15-19)21(26)17-7-9-18(10-8-17)23-20(25)14-16-5-3-4-6-16/h16-19,22H,2-15H2,1H3,(H,23,25). The molecule has 3 fully saturated rings. The van der Waals surface area contributed by atoms with Crippen LogP contribution >= 0.6 is 0 Å². The zero-order valence-corrected chi connectivity index (χ0v) is 16.5. The first-order chi connectivity index (χ1) is 12.7. The Bertz CT molecular complexity index is 462. The summed E-state index contributed by atoms with van der Waals surface area (Å²) in [5, 5.41) is 6.63. The Balaban J connectivity index is 1.43. The van der Waals surface area contributed by atoms with Gasteiger partial charge in [-0.1, -0.05) is 19.8 Å². The highest BCUT2D eigenvalue weighted by Gasteiger charge is 2.33. The molecule has 0 spiro atoms. The first-order valence-electron chi connectivity index (χ1n) is 11.0. The predicted octanol–water partition coefficient (Wildman–Crippen LogP) is 2.84. The summed E-state index contributed by atoms with van der Waals surface area (Å²) in [5.74, 6) is 1.35. The zero-order valence-electron chi connectivity index (χ0n) is 16.5. The fourth-order valence-electron chi connectivity index (χ4n) is 5.10. The molecule has 3 rings (SSSR count). The number of rotatable bonds is 7. The molecule has 0 aromatic rings. The number of nitrogens with zero attached hydrogens (tertiary/aromatic N) is 1. The second-order valence-electron chi connectivity index (χ2n) is 8.65. The minimum absolute atomic E-state index is 0.158. The average molecular weight is 364 g/mol. The van der Waals surface area contributed by atoms with E-state index >= 15 is 0 Å². The van der Waals surface area contributed by atoms with Crippen molar-refractivity contribution >= 4 is 11.8 Å². The number of carbonyl (C=O) groups is 2. The summed E-state index contributed by atoms with van der Waals surface area (Å²) in [6, 6.07) is 0.659. The Morgan fingerprint density at radius 1 is 1.04 bits per heavy atom. The lowest BCUT2D eigenvalue weighted by Crippen LogP contribution is -2.47. The van der Waals surface area contributed by atoms with Crippen molar-refractivity contribution in [2.45, 2.75) is 89.6 Å². The highest BCUT2D eigenvalue weighted by atomic mass is 16.2. The van der Waals surface area contributed by atoms with E-state index in [0.717, 1.165) is 58.2 Å². The maximum atomic E-state index is 13.0. The van der Waals surface area contributed by atoms with Crippen LogP contribution in [-0.4, -0.2) is 48.4 Å². The maximum Gasteiger partial charge on any atom is 0.225 e. The Morgan fingerprint density at radius 2 is 1.77 bits per heavy atom. The number of carbonyl (C=O) groups excluding carboxylic acids is 2. The predicted molar refractivity (Wildman–Crippen MR) is 104 cm³/mol. The first kappa shape index (κ1) is 19.7. The van der Waals surface area contributed by atoms with Gasteiger partial charge in [-0.05, 0) is 63.8 Å². The second kappa shape index (κ2) is 9.72. The van der Waals surface area contributed by atoms with Crippen LogP contribution in [0.25, 0.3) is 0 Å². The van der Waals surface area contributed by atoms with Crippen molar-refractivity contribution in [3.8, 4) is 0 Å². The summed E-state index contributed by atoms with van der Waals surface area (Å²) in [6.07, 6.45) is 11.6. The van der Waals surface area contributed by atoms with E-state index in [9.17, 15) is 9.59 Å². The zero-order chi connectivity index (χ0) is 18.4. The minimum atomic E-state index is 0.158. The second-order valence-corrected chi connectivity index (χ2v) is 8.65. The van der Waals surface area contributed by atoms with E-state index in [2.05, 4.69) is 22.5 Å². The lowest BCUT2D eigenvalue weighted by atomic mass is 9.84. The van der Waals surface area contributed by atoms with Crippen molar-refractivity contribution in [3.05, 3.63) is 0 Å². The molecule has 1 saturated heterocycles. The average Bonchev–Trinajstić information content (AvgIpc) is 3.33. The molecular weight excluding hydrogens is 326 g/mol. The van der Waals surface area contributed by atoms with Gasteiger partial charge in [0.2, 0.25) is 11.8 Å². The van der Waals surface area contributed by atoms with Crippen LogP contribution in [0, 0.1) is 11.8 Å². The van der Waals surface area contributed by atoms with Crippen molar-refractivity contribution < 1.29 is 9.59 Å². The third-order valence-corrected chi connectivity index (χ3v) is 6.61. The van der Waals surface area contributed by atoms with Crippen LogP contribution in [0.1, 0.15) is 77.6 Å². The van der Waals surface area contributed by atoms with E-state index in [-0.39, 0.29) is 17.9 Å². The Kier molecular flexibility index (Phi) is 7.35. The lowest BCUT2D eigenvalue weighted by molar-refractivity contribution is -0.138. The van der Waals surface area contributed by atoms with Gasteiger partial charge in [-0.2, -0.15) is 0 Å². The van der Waals surface area contributed by atoms with Gasteiger partial charge >= 0.3 is 0 Å². The third kappa shape index (κ3) is 5.21. The van der Waals surface area contributed by atoms with E-state index in [1.165, 1.54) is 25.7 Å². The molecule has 0 aromatic heterocycles. The molecule has 0 radical (unpaired) electrons. The van der Waals surface area contributed by atoms with Gasteiger partial charge in [-0.25, -0.2) is 0 Å². The monoisotopic (exact) mass is 363 g/mol. The van der Waals surface area contributed by atoms with Gasteiger partial charge in [0.25, 0.3) is 0 Å². The third-order valence-electron chi connectivity index (χ3n) is 6.61. The summed E-state index contributed by atoms with van der Waals surface area (Å²) < 4.78 is 0. The molecule has 1 aliphatic heterocycles. The number of hydrogen-bond acceptors (Lipinski definition) is 3. The highest BCUT2D eigenvalue weighted by Crippen LogP contribution is 2.29. The van der Waals surface area contributed by atoms with E-state index in [1.54, 1.807) is 0 Å². The number of amides is 2. The van der Waals surface area contributed by atoms with Crippen LogP contribution < -0.4 is 10.6 Å². The van der Waals surface area contributed by atoms with Crippen LogP contribution in [-0.2, 0) is 9.59 Å². The Hall–Kier alpha value is -1.10. The highest BCUT2D eigenvalue weighted by molar-refractivity contribution is 5.79. The molecule has 2 amide bonds. The van der Waals surface area contributed by atoms with Crippen molar-refractivity contribution in [1.82, 2.24) is 15.5 Å². The smallest absolute Gasteiger partial charge is 0.225 e. The fraction of sp³-hybridized carbons (Fsp3) is 0.905. The van der Waals surface area contributed by atoms with Crippen molar-refractivity contribution in [3.63, 3.8) is 0 Å². The van der Waals surface area contributed by atoms with Gasteiger partial charge < -0.3 is 15.5 Å². The van der Waals surface area contributed by atoms with E-state index < -0.39 is 0 Å². The quantitative estimate of drug-likeness (QED) is 0.731. The molecule has 2 aliphatic carbocycles. The normalized spacial score (nSPS) is 29.7. The van der Waals surface area contributed by atoms with E-state index in [4.69, 9.17) is 0 Å². The molecule has 0 aromatic carbocycles. The molecule has 2 saturated carbocycles. The molecule has 1 heterocycles. The van der Waals surface area contributed by atoms with Crippen molar-refractivity contribution in [2.75, 3.05) is 19.6 Å². The number of nitrogens with one attached hydrogen (secondary N) is 2. The molecule has 1 unspecified atom stereocenters. The molecule has 5 nitrogen and oxygen atoms in total. The van der Waals surface area contributed by atoms with Gasteiger partial charge in [-0.15, -0.1) is 0 Å². The van der Waals surface area contributed by atoms with Gasteiger partial charge in [0.15, 0.2) is 0 Å². The largest absolute Gasteiger partial charge is 0.353 e. The summed E-state index contributed by atoms with van der Waals surface area (Å²) in [7, 11) is 0. The first-order valence-corrected chi connectivity index (χ1v) is 11.0. The molecule has 2 N–H and O–H groups in total. The van der Waals surface area contributed by atoms with Gasteiger partial charge in [-0.3, -0.25) is 9.59 Å². The summed E-state index contributed by atoms with van der Waals surface area (Å²) in [6.45, 7) is 5.00. The SMILES string of the molecule is CCCN(C(=O)C1CCC(NC(=O)CC2CCCC2)CC1)C1CCNC1. The molecule has 1 atom stereocenters. The Labute approximate surface area is 158 Å². The van der Waals surface area contributed by atoms with Gasteiger partial charge in [0.05, 0.1) is 0 Å². The van der Waals surface area contributed by atoms with Crippen LogP contribution in [0.2, 0.25) is 0 Å². The fourth-order valence-corrected chi connectivity index (χ4v) is 5.10. The molecule has 0 bridgehead atoms. The molecule has 3 aliphatic rings. The van der Waals surface area contributed by atoms with Crippen LogP contribution in [0.3, 0.4) is 0 Å². The van der Waals surface area contributed by atoms with Crippen molar-refractivity contribution in [1.29, 1.82) is 0 Å². The van der Waals surface area contributed by atoms with Crippen molar-refractivity contribution in [2.24, 2.45) is 11.8 Å². The van der Waals surface area contributed by atoms with Crippen LogP contribution in [0.15, 0.2) is 0 Å². The summed E-state index contributed by atoms with van der Waals surface area (Å²) in [5.41, 5.74) is 0. The van der Waals surface area contributed by atoms with E-state index in [1.807, 2.05) is 0 Å². The molecule has 148 valence electrons. The van der Waals surface area contributed by atoms with Gasteiger partial charge in [0, 0.05) is 37.5 Å². The Morgan fingerprint density at radius 3 is 2.38 bits per heavy atom. The number of hydrogen-bond donors (Lipinski definition) is 2. The molecular formula is C21H37N3O2. The van der Waals surface area contributed by atoms with Crippen LogP contribution in [0.5, 0.6) is 0 Å². The topological polar surface area (TPSA) is 61.4 Å².